The van der Waals surface area contributed by atoms with Crippen molar-refractivity contribution in [1.29, 1.82) is 0 Å². The molecule has 2 atom stereocenters. The van der Waals surface area contributed by atoms with E-state index in [9.17, 15) is 9.00 Å². The number of nitrogens with one attached hydrogen (secondary N) is 1. The molecule has 5 heteroatoms. The van der Waals surface area contributed by atoms with Crippen LogP contribution in [-0.2, 0) is 15.6 Å². The SMILES string of the molecule is CCC(C)(C)NC(=O)C(C)S(=O)c1cc(N)ccc1C. The van der Waals surface area contributed by atoms with E-state index >= 15 is 0 Å². The summed E-state index contributed by atoms with van der Waals surface area (Å²) in [7, 11) is -1.41. The molecule has 0 heterocycles. The Morgan fingerprint density at radius 2 is 2.05 bits per heavy atom. The Morgan fingerprint density at radius 1 is 1.45 bits per heavy atom. The maximum atomic E-state index is 12.5. The van der Waals surface area contributed by atoms with Crippen LogP contribution in [0, 0.1) is 6.92 Å². The summed E-state index contributed by atoms with van der Waals surface area (Å²) in [5, 5.41) is 2.32. The molecule has 2 unspecified atom stereocenters. The molecule has 1 amide bonds. The fourth-order valence-electron chi connectivity index (χ4n) is 1.64. The topological polar surface area (TPSA) is 72.2 Å². The number of amides is 1. The average Bonchev–Trinajstić information content (AvgIpc) is 2.39. The smallest absolute Gasteiger partial charge is 0.236 e. The van der Waals surface area contributed by atoms with Crippen LogP contribution in [0.2, 0.25) is 0 Å². The van der Waals surface area contributed by atoms with Gasteiger partial charge in [-0.25, -0.2) is 0 Å². The number of carbonyl (C=O) groups excluding carboxylic acids is 1. The van der Waals surface area contributed by atoms with E-state index in [-0.39, 0.29) is 11.4 Å². The highest BCUT2D eigenvalue weighted by atomic mass is 32.2. The number of carbonyl (C=O) groups is 1. The molecule has 20 heavy (non-hydrogen) atoms. The van der Waals surface area contributed by atoms with Crippen LogP contribution in [-0.4, -0.2) is 20.9 Å². The highest BCUT2D eigenvalue weighted by molar-refractivity contribution is 7.86. The molecular weight excluding hydrogens is 272 g/mol. The van der Waals surface area contributed by atoms with E-state index in [0.29, 0.717) is 10.6 Å². The Balaban J connectivity index is 2.91. The first-order valence-electron chi connectivity index (χ1n) is 6.76. The van der Waals surface area contributed by atoms with Gasteiger partial charge in [0, 0.05) is 16.1 Å². The Hall–Kier alpha value is -1.36. The molecular formula is C15H24N2O2S. The highest BCUT2D eigenvalue weighted by Crippen LogP contribution is 2.20. The number of anilines is 1. The molecule has 112 valence electrons. The van der Waals surface area contributed by atoms with Crippen molar-refractivity contribution >= 4 is 22.4 Å². The molecule has 3 N–H and O–H groups in total. The van der Waals surface area contributed by atoms with Gasteiger partial charge in [-0.1, -0.05) is 13.0 Å². The zero-order valence-corrected chi connectivity index (χ0v) is 13.6. The standard InChI is InChI=1S/C15H24N2O2S/c1-6-15(4,5)17-14(18)11(3)20(19)13-9-12(16)8-7-10(13)2/h7-9,11H,6,16H2,1-5H3,(H,17,18). The number of hydrogen-bond acceptors (Lipinski definition) is 3. The van der Waals surface area contributed by atoms with Crippen LogP contribution in [0.15, 0.2) is 23.1 Å². The van der Waals surface area contributed by atoms with Crippen molar-refractivity contribution in [3.8, 4) is 0 Å². The van der Waals surface area contributed by atoms with Gasteiger partial charge in [-0.05, 0) is 51.8 Å². The Kier molecular flexibility index (Phi) is 5.34. The van der Waals surface area contributed by atoms with Crippen LogP contribution in [0.5, 0.6) is 0 Å². The van der Waals surface area contributed by atoms with Gasteiger partial charge in [0.2, 0.25) is 5.91 Å². The Morgan fingerprint density at radius 3 is 2.60 bits per heavy atom. The predicted octanol–water partition coefficient (Wildman–Crippen LogP) is 2.38. The maximum absolute atomic E-state index is 12.5. The fourth-order valence-corrected chi connectivity index (χ4v) is 2.92. The predicted molar refractivity (Wildman–Crippen MR) is 84.0 cm³/mol. The van der Waals surface area contributed by atoms with Gasteiger partial charge in [-0.3, -0.25) is 9.00 Å². The van der Waals surface area contributed by atoms with E-state index in [4.69, 9.17) is 5.73 Å². The number of nitrogen functional groups attached to an aromatic ring is 1. The summed E-state index contributed by atoms with van der Waals surface area (Å²) in [5.41, 5.74) is 6.88. The van der Waals surface area contributed by atoms with Crippen LogP contribution in [0.4, 0.5) is 5.69 Å². The fraction of sp³-hybridized carbons (Fsp3) is 0.533. The minimum atomic E-state index is -1.41. The lowest BCUT2D eigenvalue weighted by atomic mass is 10.0. The van der Waals surface area contributed by atoms with E-state index < -0.39 is 16.0 Å². The van der Waals surface area contributed by atoms with E-state index in [1.54, 1.807) is 19.1 Å². The molecule has 0 saturated carbocycles. The van der Waals surface area contributed by atoms with Gasteiger partial charge in [0.1, 0.15) is 5.25 Å². The first-order valence-corrected chi connectivity index (χ1v) is 7.98. The summed E-state index contributed by atoms with van der Waals surface area (Å²) in [6.45, 7) is 9.45. The van der Waals surface area contributed by atoms with Crippen LogP contribution in [0.25, 0.3) is 0 Å². The van der Waals surface area contributed by atoms with Gasteiger partial charge in [-0.15, -0.1) is 0 Å². The zero-order valence-electron chi connectivity index (χ0n) is 12.8. The molecule has 0 aliphatic carbocycles. The van der Waals surface area contributed by atoms with Crippen LogP contribution in [0.3, 0.4) is 0 Å². The third kappa shape index (κ3) is 4.07. The third-order valence-corrected chi connectivity index (χ3v) is 5.19. The van der Waals surface area contributed by atoms with Gasteiger partial charge < -0.3 is 11.1 Å². The molecule has 0 aromatic heterocycles. The Bertz CT molecular complexity index is 527. The van der Waals surface area contributed by atoms with E-state index in [2.05, 4.69) is 5.32 Å². The van der Waals surface area contributed by atoms with Gasteiger partial charge in [0.15, 0.2) is 0 Å². The van der Waals surface area contributed by atoms with Gasteiger partial charge in [0.25, 0.3) is 0 Å². The first-order chi connectivity index (χ1) is 9.18. The quantitative estimate of drug-likeness (QED) is 0.819. The lowest BCUT2D eigenvalue weighted by Gasteiger charge is -2.26. The Labute approximate surface area is 123 Å². The van der Waals surface area contributed by atoms with Crippen molar-refractivity contribution in [3.05, 3.63) is 23.8 Å². The van der Waals surface area contributed by atoms with Crippen LogP contribution < -0.4 is 11.1 Å². The summed E-state index contributed by atoms with van der Waals surface area (Å²) < 4.78 is 12.5. The second kappa shape index (κ2) is 6.39. The molecule has 0 bridgehead atoms. The van der Waals surface area contributed by atoms with Crippen LogP contribution in [0.1, 0.15) is 39.7 Å². The van der Waals surface area contributed by atoms with Crippen LogP contribution >= 0.6 is 0 Å². The van der Waals surface area contributed by atoms with Crippen molar-refractivity contribution in [3.63, 3.8) is 0 Å². The van der Waals surface area contributed by atoms with Crippen molar-refractivity contribution in [2.45, 2.75) is 56.7 Å². The lowest BCUT2D eigenvalue weighted by Crippen LogP contribution is -2.47. The summed E-state index contributed by atoms with van der Waals surface area (Å²) in [6, 6.07) is 5.27. The normalized spacial score (nSPS) is 14.7. The second-order valence-electron chi connectivity index (χ2n) is 5.69. The van der Waals surface area contributed by atoms with Gasteiger partial charge in [0.05, 0.1) is 10.8 Å². The monoisotopic (exact) mass is 296 g/mol. The molecule has 1 aromatic rings. The lowest BCUT2D eigenvalue weighted by molar-refractivity contribution is -0.121. The molecule has 0 spiro atoms. The van der Waals surface area contributed by atoms with Crippen molar-refractivity contribution in [2.75, 3.05) is 5.73 Å². The number of benzene rings is 1. The molecule has 0 radical (unpaired) electrons. The van der Waals surface area contributed by atoms with Crippen molar-refractivity contribution < 1.29 is 9.00 Å². The number of nitrogens with two attached hydrogens (primary N) is 1. The van der Waals surface area contributed by atoms with E-state index in [1.165, 1.54) is 0 Å². The minimum Gasteiger partial charge on any atom is -0.399 e. The average molecular weight is 296 g/mol. The molecule has 0 saturated heterocycles. The summed E-state index contributed by atoms with van der Waals surface area (Å²) in [6.07, 6.45) is 0.815. The zero-order chi connectivity index (χ0) is 15.5. The molecule has 4 nitrogen and oxygen atoms in total. The maximum Gasteiger partial charge on any atom is 0.236 e. The molecule has 1 rings (SSSR count). The molecule has 1 aromatic carbocycles. The van der Waals surface area contributed by atoms with Crippen molar-refractivity contribution in [2.24, 2.45) is 0 Å². The van der Waals surface area contributed by atoms with E-state index in [1.807, 2.05) is 33.8 Å². The highest BCUT2D eigenvalue weighted by Gasteiger charge is 2.27. The van der Waals surface area contributed by atoms with E-state index in [0.717, 1.165) is 12.0 Å². The third-order valence-electron chi connectivity index (χ3n) is 3.46. The van der Waals surface area contributed by atoms with Gasteiger partial charge >= 0.3 is 0 Å². The second-order valence-corrected chi connectivity index (χ2v) is 7.43. The number of hydrogen-bond donors (Lipinski definition) is 2. The van der Waals surface area contributed by atoms with Crippen molar-refractivity contribution in [1.82, 2.24) is 5.32 Å². The summed E-state index contributed by atoms with van der Waals surface area (Å²) in [5.74, 6) is -0.197. The number of rotatable bonds is 5. The van der Waals surface area contributed by atoms with Gasteiger partial charge in [-0.2, -0.15) is 0 Å². The minimum absolute atomic E-state index is 0.197. The first kappa shape index (κ1) is 16.7. The summed E-state index contributed by atoms with van der Waals surface area (Å²) >= 11 is 0. The molecule has 0 aliphatic heterocycles. The molecule has 0 aliphatic rings. The number of aryl methyl sites for hydroxylation is 1. The largest absolute Gasteiger partial charge is 0.399 e. The summed E-state index contributed by atoms with van der Waals surface area (Å²) in [4.78, 5) is 12.8. The molecule has 0 fully saturated rings.